The molecule has 0 radical (unpaired) electrons. The minimum Gasteiger partial charge on any atom is -0.380 e. The van der Waals surface area contributed by atoms with E-state index in [9.17, 15) is 9.59 Å². The Bertz CT molecular complexity index is 164. The molecule has 0 rings (SSSR count). The van der Waals surface area contributed by atoms with Crippen LogP contribution in [0.2, 0.25) is 0 Å². The number of Topliss-reactive ketones (excluding diaryl/α,β-unsaturated/α-hetero) is 2. The van der Waals surface area contributed by atoms with Crippen LogP contribution in [0.15, 0.2) is 0 Å². The molecule has 0 aliphatic rings. The fraction of sp³-hybridized carbons (Fsp3) is 0.750. The van der Waals surface area contributed by atoms with Crippen LogP contribution >= 0.6 is 11.6 Å². The molecule has 1 unspecified atom stereocenters. The second-order valence-electron chi connectivity index (χ2n) is 2.63. The number of methoxy groups -OCH3 is 1. The van der Waals surface area contributed by atoms with E-state index in [1.807, 2.05) is 0 Å². The summed E-state index contributed by atoms with van der Waals surface area (Å²) in [6, 6.07) is 0. The Morgan fingerprint density at radius 3 is 2.42 bits per heavy atom. The topological polar surface area (TPSA) is 43.4 Å². The molecular weight excluding hydrogens is 180 g/mol. The van der Waals surface area contributed by atoms with Gasteiger partial charge in [0.25, 0.3) is 0 Å². The van der Waals surface area contributed by atoms with Gasteiger partial charge in [0.2, 0.25) is 0 Å². The first kappa shape index (κ1) is 11.6. The van der Waals surface area contributed by atoms with E-state index in [1.165, 1.54) is 14.0 Å². The van der Waals surface area contributed by atoms with Crippen molar-refractivity contribution < 1.29 is 14.3 Å². The van der Waals surface area contributed by atoms with E-state index in [0.29, 0.717) is 0 Å². The minimum atomic E-state index is -0.265. The van der Waals surface area contributed by atoms with E-state index < -0.39 is 0 Å². The van der Waals surface area contributed by atoms with E-state index >= 15 is 0 Å². The molecule has 0 saturated heterocycles. The number of rotatable bonds is 6. The average molecular weight is 193 g/mol. The molecule has 4 heteroatoms. The lowest BCUT2D eigenvalue weighted by molar-refractivity contribution is -0.127. The summed E-state index contributed by atoms with van der Waals surface area (Å²) in [4.78, 5) is 21.5. The monoisotopic (exact) mass is 192 g/mol. The van der Waals surface area contributed by atoms with E-state index in [-0.39, 0.29) is 36.4 Å². The van der Waals surface area contributed by atoms with Gasteiger partial charge in [-0.25, -0.2) is 0 Å². The largest absolute Gasteiger partial charge is 0.380 e. The van der Waals surface area contributed by atoms with E-state index in [2.05, 4.69) is 0 Å². The van der Waals surface area contributed by atoms with Gasteiger partial charge in [0.15, 0.2) is 0 Å². The van der Waals surface area contributed by atoms with Crippen molar-refractivity contribution in [3.63, 3.8) is 0 Å². The lowest BCUT2D eigenvalue weighted by Crippen LogP contribution is -2.19. The van der Waals surface area contributed by atoms with Crippen LogP contribution in [0.5, 0.6) is 0 Å². The maximum Gasteiger partial charge on any atom is 0.142 e. The predicted molar refractivity (Wildman–Crippen MR) is 46.4 cm³/mol. The van der Waals surface area contributed by atoms with Gasteiger partial charge in [-0.1, -0.05) is 0 Å². The molecule has 0 spiro atoms. The predicted octanol–water partition coefficient (Wildman–Crippen LogP) is 1.18. The minimum absolute atomic E-state index is 0.0171. The number of carbonyl (C=O) groups is 2. The highest BCUT2D eigenvalue weighted by Gasteiger charge is 2.12. The van der Waals surface area contributed by atoms with Gasteiger partial charge < -0.3 is 4.74 Å². The summed E-state index contributed by atoms with van der Waals surface area (Å²) >= 11 is 5.49. The molecular formula is C8H13ClO3. The molecule has 0 aromatic carbocycles. The number of halogens is 1. The highest BCUT2D eigenvalue weighted by atomic mass is 35.5. The Morgan fingerprint density at radius 2 is 2.08 bits per heavy atom. The molecule has 3 nitrogen and oxygen atoms in total. The number of carbonyl (C=O) groups excluding carboxylic acids is 2. The maximum absolute atomic E-state index is 11.0. The molecule has 0 N–H and O–H groups in total. The number of ether oxygens (including phenoxy) is 1. The first-order valence-corrected chi connectivity index (χ1v) is 4.23. The summed E-state index contributed by atoms with van der Waals surface area (Å²) < 4.78 is 4.89. The Labute approximate surface area is 77.0 Å². The molecule has 0 fully saturated rings. The Balaban J connectivity index is 3.74. The first-order valence-electron chi connectivity index (χ1n) is 3.70. The molecule has 70 valence electrons. The maximum atomic E-state index is 11.0. The number of hydrogen-bond acceptors (Lipinski definition) is 3. The summed E-state index contributed by atoms with van der Waals surface area (Å²) in [6.07, 6.45) is -0.0606. The molecule has 0 heterocycles. The molecule has 1 atom stereocenters. The van der Waals surface area contributed by atoms with Gasteiger partial charge >= 0.3 is 0 Å². The number of alkyl halides is 1. The second-order valence-corrected chi connectivity index (χ2v) is 2.94. The van der Waals surface area contributed by atoms with Crippen LogP contribution in [0, 0.1) is 0 Å². The van der Waals surface area contributed by atoms with Crippen LogP contribution in [0.4, 0.5) is 0 Å². The van der Waals surface area contributed by atoms with Crippen molar-refractivity contribution in [2.75, 3.05) is 13.0 Å². The average Bonchev–Trinajstić information content (AvgIpc) is 1.98. The van der Waals surface area contributed by atoms with Crippen LogP contribution in [0.3, 0.4) is 0 Å². The van der Waals surface area contributed by atoms with E-state index in [4.69, 9.17) is 16.3 Å². The van der Waals surface area contributed by atoms with E-state index in [1.54, 1.807) is 0 Å². The summed E-state index contributed by atoms with van der Waals surface area (Å²) in [6.45, 7) is 1.39. The Hall–Kier alpha value is -0.410. The van der Waals surface area contributed by atoms with Gasteiger partial charge in [-0.2, -0.15) is 0 Å². The summed E-state index contributed by atoms with van der Waals surface area (Å²) in [7, 11) is 1.49. The quantitative estimate of drug-likeness (QED) is 0.469. The molecule has 12 heavy (non-hydrogen) atoms. The van der Waals surface area contributed by atoms with Crippen molar-refractivity contribution in [2.45, 2.75) is 25.9 Å². The van der Waals surface area contributed by atoms with Crippen LogP contribution in [0.25, 0.3) is 0 Å². The van der Waals surface area contributed by atoms with Gasteiger partial charge in [-0.3, -0.25) is 9.59 Å². The smallest absolute Gasteiger partial charge is 0.142 e. The highest BCUT2D eigenvalue weighted by Crippen LogP contribution is 2.02. The lowest BCUT2D eigenvalue weighted by Gasteiger charge is -2.09. The standard InChI is InChI=1S/C8H13ClO3/c1-6(10)3-7(11)4-8(5-9)12-2/h8H,3-5H2,1-2H3. The third kappa shape index (κ3) is 5.27. The summed E-state index contributed by atoms with van der Waals surface area (Å²) in [5.41, 5.74) is 0. The van der Waals surface area contributed by atoms with Crippen LogP contribution in [-0.2, 0) is 14.3 Å². The molecule has 0 aliphatic carbocycles. The van der Waals surface area contributed by atoms with Crippen LogP contribution in [0.1, 0.15) is 19.8 Å². The first-order chi connectivity index (χ1) is 5.60. The van der Waals surface area contributed by atoms with Gasteiger partial charge in [-0.15, -0.1) is 11.6 Å². The summed E-state index contributed by atoms with van der Waals surface area (Å²) in [5, 5.41) is 0. The van der Waals surface area contributed by atoms with Crippen molar-refractivity contribution in [1.82, 2.24) is 0 Å². The van der Waals surface area contributed by atoms with Crippen LogP contribution in [-0.4, -0.2) is 30.7 Å². The molecule has 0 saturated carbocycles. The number of hydrogen-bond donors (Lipinski definition) is 0. The van der Waals surface area contributed by atoms with Gasteiger partial charge in [0.05, 0.1) is 12.5 Å². The fourth-order valence-electron chi connectivity index (χ4n) is 0.805. The SMILES string of the molecule is COC(CCl)CC(=O)CC(C)=O. The van der Waals surface area contributed by atoms with Gasteiger partial charge in [0, 0.05) is 19.4 Å². The van der Waals surface area contributed by atoms with Crippen LogP contribution < -0.4 is 0 Å². The lowest BCUT2D eigenvalue weighted by atomic mass is 10.1. The normalized spacial score (nSPS) is 12.6. The van der Waals surface area contributed by atoms with Crippen molar-refractivity contribution in [3.8, 4) is 0 Å². The van der Waals surface area contributed by atoms with Crippen molar-refractivity contribution in [2.24, 2.45) is 0 Å². The summed E-state index contributed by atoms with van der Waals surface area (Å²) in [5.74, 6) is 0.0413. The zero-order chi connectivity index (χ0) is 9.56. The van der Waals surface area contributed by atoms with Gasteiger partial charge in [0.1, 0.15) is 11.6 Å². The zero-order valence-corrected chi connectivity index (χ0v) is 8.06. The molecule has 0 aromatic rings. The van der Waals surface area contributed by atoms with Crippen molar-refractivity contribution >= 4 is 23.2 Å². The Kier molecular flexibility index (Phi) is 5.93. The molecule has 0 aromatic heterocycles. The Morgan fingerprint density at radius 1 is 1.50 bits per heavy atom. The molecule has 0 amide bonds. The third-order valence-corrected chi connectivity index (χ3v) is 1.75. The number of ketones is 2. The highest BCUT2D eigenvalue weighted by molar-refractivity contribution is 6.18. The van der Waals surface area contributed by atoms with E-state index in [0.717, 1.165) is 0 Å². The molecule has 0 aliphatic heterocycles. The van der Waals surface area contributed by atoms with Crippen molar-refractivity contribution in [1.29, 1.82) is 0 Å². The van der Waals surface area contributed by atoms with Crippen molar-refractivity contribution in [3.05, 3.63) is 0 Å². The third-order valence-electron chi connectivity index (χ3n) is 1.41. The second kappa shape index (κ2) is 6.14. The fourth-order valence-corrected chi connectivity index (χ4v) is 1.04. The molecule has 0 bridgehead atoms. The van der Waals surface area contributed by atoms with Gasteiger partial charge in [-0.05, 0) is 6.92 Å². The zero-order valence-electron chi connectivity index (χ0n) is 7.30.